The van der Waals surface area contributed by atoms with E-state index in [0.717, 1.165) is 5.75 Å². The van der Waals surface area contributed by atoms with Gasteiger partial charge in [0.2, 0.25) is 17.7 Å². The normalized spacial score (nSPS) is 10.7. The smallest absolute Gasteiger partial charge is 0.235 e. The molecule has 1 amide bonds. The topological polar surface area (TPSA) is 77.2 Å². The second kappa shape index (κ2) is 8.17. The molecule has 0 aliphatic rings. The van der Waals surface area contributed by atoms with Gasteiger partial charge in [0.1, 0.15) is 5.75 Å². The van der Waals surface area contributed by atoms with Gasteiger partial charge >= 0.3 is 0 Å². The number of nitrogens with one attached hydrogen (secondary N) is 1. The highest BCUT2D eigenvalue weighted by Crippen LogP contribution is 2.11. The van der Waals surface area contributed by atoms with Gasteiger partial charge in [-0.1, -0.05) is 32.0 Å². The van der Waals surface area contributed by atoms with E-state index in [0.29, 0.717) is 31.2 Å². The van der Waals surface area contributed by atoms with Crippen molar-refractivity contribution in [3.63, 3.8) is 0 Å². The van der Waals surface area contributed by atoms with Crippen molar-refractivity contribution in [2.75, 3.05) is 6.61 Å². The first-order valence-electron chi connectivity index (χ1n) is 7.42. The third-order valence-corrected chi connectivity index (χ3v) is 2.97. The van der Waals surface area contributed by atoms with Gasteiger partial charge in [-0.05, 0) is 18.6 Å². The Kier molecular flexibility index (Phi) is 5.94. The largest absolute Gasteiger partial charge is 0.494 e. The number of para-hydroxylation sites is 1. The third kappa shape index (κ3) is 5.20. The van der Waals surface area contributed by atoms with E-state index in [9.17, 15) is 4.79 Å². The van der Waals surface area contributed by atoms with Crippen LogP contribution in [0.2, 0.25) is 0 Å². The van der Waals surface area contributed by atoms with Crippen LogP contribution in [0.15, 0.2) is 34.7 Å². The molecule has 1 aromatic heterocycles. The maximum Gasteiger partial charge on any atom is 0.235 e. The number of nitrogens with zero attached hydrogens (tertiary/aromatic N) is 2. The van der Waals surface area contributed by atoms with E-state index in [-0.39, 0.29) is 18.4 Å². The Morgan fingerprint density at radius 3 is 2.73 bits per heavy atom. The van der Waals surface area contributed by atoms with Crippen molar-refractivity contribution in [2.45, 2.75) is 39.2 Å². The van der Waals surface area contributed by atoms with E-state index in [4.69, 9.17) is 9.15 Å². The third-order valence-electron chi connectivity index (χ3n) is 2.97. The van der Waals surface area contributed by atoms with Crippen molar-refractivity contribution in [3.8, 4) is 5.75 Å². The van der Waals surface area contributed by atoms with Gasteiger partial charge in [0.05, 0.1) is 13.2 Å². The Morgan fingerprint density at radius 1 is 1.27 bits per heavy atom. The molecule has 0 fully saturated rings. The van der Waals surface area contributed by atoms with E-state index >= 15 is 0 Å². The molecule has 0 aliphatic carbocycles. The molecule has 0 saturated carbocycles. The minimum Gasteiger partial charge on any atom is -0.494 e. The molecule has 6 heteroatoms. The lowest BCUT2D eigenvalue weighted by molar-refractivity contribution is -0.121. The van der Waals surface area contributed by atoms with Crippen LogP contribution < -0.4 is 10.1 Å². The zero-order valence-electron chi connectivity index (χ0n) is 12.9. The summed E-state index contributed by atoms with van der Waals surface area (Å²) in [5.74, 6) is 1.96. The van der Waals surface area contributed by atoms with Crippen molar-refractivity contribution in [2.24, 2.45) is 0 Å². The Morgan fingerprint density at radius 2 is 2.05 bits per heavy atom. The summed E-state index contributed by atoms with van der Waals surface area (Å²) in [6.45, 7) is 4.72. The summed E-state index contributed by atoms with van der Waals surface area (Å²) < 4.78 is 10.9. The number of amides is 1. The molecule has 6 nitrogen and oxygen atoms in total. The molecule has 2 rings (SSSR count). The molecule has 0 aliphatic heterocycles. The summed E-state index contributed by atoms with van der Waals surface area (Å²) in [5.41, 5.74) is 0. The minimum absolute atomic E-state index is 0.0547. The fraction of sp³-hybridized carbons (Fsp3) is 0.438. The fourth-order valence-corrected chi connectivity index (χ4v) is 1.77. The molecule has 1 heterocycles. The van der Waals surface area contributed by atoms with E-state index < -0.39 is 0 Å². The van der Waals surface area contributed by atoms with Crippen molar-refractivity contribution >= 4 is 5.91 Å². The molecule has 0 unspecified atom stereocenters. The molecule has 2 aromatic rings. The summed E-state index contributed by atoms with van der Waals surface area (Å²) in [4.78, 5) is 11.7. The number of carbonyl (C=O) groups is 1. The highest BCUT2D eigenvalue weighted by Gasteiger charge is 2.10. The number of rotatable bonds is 8. The minimum atomic E-state index is -0.0547. The van der Waals surface area contributed by atoms with Gasteiger partial charge in [-0.15, -0.1) is 10.2 Å². The van der Waals surface area contributed by atoms with Gasteiger partial charge in [-0.3, -0.25) is 4.79 Å². The highest BCUT2D eigenvalue weighted by atomic mass is 16.5. The van der Waals surface area contributed by atoms with Gasteiger partial charge in [0.15, 0.2) is 0 Å². The molecular formula is C16H21N3O3. The molecule has 118 valence electrons. The number of carbonyl (C=O) groups excluding carboxylic acids is 1. The number of hydrogen-bond acceptors (Lipinski definition) is 5. The zero-order valence-corrected chi connectivity index (χ0v) is 12.9. The summed E-state index contributed by atoms with van der Waals surface area (Å²) >= 11 is 0. The molecule has 1 aromatic carbocycles. The van der Waals surface area contributed by atoms with Crippen LogP contribution in [0.25, 0.3) is 0 Å². The van der Waals surface area contributed by atoms with E-state index in [1.807, 2.05) is 44.2 Å². The SMILES string of the molecule is CC(C)c1nnc(CNC(=O)CCCOc2ccccc2)o1. The lowest BCUT2D eigenvalue weighted by atomic mass is 10.2. The summed E-state index contributed by atoms with van der Waals surface area (Å²) in [6, 6.07) is 9.54. The average Bonchev–Trinajstić information content (AvgIpc) is 3.00. The summed E-state index contributed by atoms with van der Waals surface area (Å²) in [6.07, 6.45) is 1.06. The predicted octanol–water partition coefficient (Wildman–Crippen LogP) is 2.67. The van der Waals surface area contributed by atoms with Crippen LogP contribution in [0.1, 0.15) is 44.4 Å². The van der Waals surface area contributed by atoms with Crippen LogP contribution in [0.4, 0.5) is 0 Å². The summed E-state index contributed by atoms with van der Waals surface area (Å²) in [5, 5.41) is 10.6. The van der Waals surface area contributed by atoms with Crippen molar-refractivity contribution < 1.29 is 13.9 Å². The van der Waals surface area contributed by atoms with Crippen LogP contribution >= 0.6 is 0 Å². The second-order valence-corrected chi connectivity index (χ2v) is 5.23. The first-order valence-corrected chi connectivity index (χ1v) is 7.42. The quantitative estimate of drug-likeness (QED) is 0.759. The average molecular weight is 303 g/mol. The zero-order chi connectivity index (χ0) is 15.8. The van der Waals surface area contributed by atoms with Gasteiger partial charge in [-0.2, -0.15) is 0 Å². The first kappa shape index (κ1) is 16.0. The fourth-order valence-electron chi connectivity index (χ4n) is 1.77. The van der Waals surface area contributed by atoms with Crippen LogP contribution in [0.5, 0.6) is 5.75 Å². The number of benzene rings is 1. The monoisotopic (exact) mass is 303 g/mol. The van der Waals surface area contributed by atoms with Crippen molar-refractivity contribution in [1.82, 2.24) is 15.5 Å². The van der Waals surface area contributed by atoms with Gasteiger partial charge < -0.3 is 14.5 Å². The molecular weight excluding hydrogens is 282 g/mol. The molecule has 0 atom stereocenters. The lowest BCUT2D eigenvalue weighted by Crippen LogP contribution is -2.23. The Hall–Kier alpha value is -2.37. The van der Waals surface area contributed by atoms with Crippen LogP contribution in [0.3, 0.4) is 0 Å². The van der Waals surface area contributed by atoms with Crippen LogP contribution in [-0.2, 0) is 11.3 Å². The van der Waals surface area contributed by atoms with Gasteiger partial charge in [-0.25, -0.2) is 0 Å². The van der Waals surface area contributed by atoms with E-state index in [1.165, 1.54) is 0 Å². The van der Waals surface area contributed by atoms with Crippen molar-refractivity contribution in [1.29, 1.82) is 0 Å². The number of aromatic nitrogens is 2. The second-order valence-electron chi connectivity index (χ2n) is 5.23. The van der Waals surface area contributed by atoms with Gasteiger partial charge in [0.25, 0.3) is 0 Å². The van der Waals surface area contributed by atoms with Crippen LogP contribution in [0, 0.1) is 0 Å². The Balaban J connectivity index is 1.61. The first-order chi connectivity index (χ1) is 10.6. The molecule has 0 radical (unpaired) electrons. The Labute approximate surface area is 129 Å². The molecule has 0 bridgehead atoms. The van der Waals surface area contributed by atoms with Crippen molar-refractivity contribution in [3.05, 3.63) is 42.1 Å². The van der Waals surface area contributed by atoms with Gasteiger partial charge in [0, 0.05) is 12.3 Å². The standard InChI is InChI=1S/C16H21N3O3/c1-12(2)16-19-18-15(22-16)11-17-14(20)9-6-10-21-13-7-4-3-5-8-13/h3-5,7-8,12H,6,9-11H2,1-2H3,(H,17,20). The van der Waals surface area contributed by atoms with Crippen LogP contribution in [-0.4, -0.2) is 22.7 Å². The van der Waals surface area contributed by atoms with E-state index in [2.05, 4.69) is 15.5 Å². The molecule has 0 spiro atoms. The number of ether oxygens (including phenoxy) is 1. The molecule has 0 saturated heterocycles. The van der Waals surface area contributed by atoms with E-state index in [1.54, 1.807) is 0 Å². The number of hydrogen-bond donors (Lipinski definition) is 1. The predicted molar refractivity (Wildman–Crippen MR) is 81.4 cm³/mol. The maximum absolute atomic E-state index is 11.7. The Bertz CT molecular complexity index is 581. The maximum atomic E-state index is 11.7. The summed E-state index contributed by atoms with van der Waals surface area (Å²) in [7, 11) is 0. The molecule has 22 heavy (non-hydrogen) atoms. The lowest BCUT2D eigenvalue weighted by Gasteiger charge is -2.05. The highest BCUT2D eigenvalue weighted by molar-refractivity contribution is 5.75. The molecule has 1 N–H and O–H groups in total.